The third-order valence-corrected chi connectivity index (χ3v) is 1.83. The average molecular weight is 186 g/mol. The number of rotatable bonds is 3. The van der Waals surface area contributed by atoms with Gasteiger partial charge in [0.25, 0.3) is 0 Å². The smallest absolute Gasteiger partial charge is 0.176 e. The summed E-state index contributed by atoms with van der Waals surface area (Å²) in [5.41, 5.74) is 1.56. The van der Waals surface area contributed by atoms with E-state index in [9.17, 15) is 0 Å². The molecule has 70 valence electrons. The van der Waals surface area contributed by atoms with Crippen LogP contribution in [0, 0.1) is 22.7 Å². The van der Waals surface area contributed by atoms with Gasteiger partial charge in [-0.1, -0.05) is 5.57 Å². The minimum absolute atomic E-state index is 0.189. The molecule has 0 N–H and O–H groups in total. The first-order valence-electron chi connectivity index (χ1n) is 4.18. The first-order valence-corrected chi connectivity index (χ1v) is 4.18. The molecule has 1 rings (SSSR count). The number of hydrogen-bond acceptors (Lipinski definition) is 3. The second-order valence-corrected chi connectivity index (χ2v) is 3.07. The molecule has 0 saturated carbocycles. The van der Waals surface area contributed by atoms with Gasteiger partial charge < -0.3 is 4.57 Å². The van der Waals surface area contributed by atoms with Crippen molar-refractivity contribution in [1.82, 2.24) is 9.55 Å². The molecule has 14 heavy (non-hydrogen) atoms. The highest BCUT2D eigenvalue weighted by atomic mass is 15.1. The predicted molar refractivity (Wildman–Crippen MR) is 51.1 cm³/mol. The molecular formula is C10H10N4. The Morgan fingerprint density at radius 1 is 1.57 bits per heavy atom. The fraction of sp³-hybridized carbons (Fsp3) is 0.300. The van der Waals surface area contributed by atoms with Crippen LogP contribution >= 0.6 is 0 Å². The first-order chi connectivity index (χ1) is 6.69. The molecule has 0 fully saturated rings. The van der Waals surface area contributed by atoms with Crippen LogP contribution in [-0.2, 0) is 6.54 Å². The third-order valence-electron chi connectivity index (χ3n) is 1.83. The normalized spacial score (nSPS) is 9.07. The average Bonchev–Trinajstić information content (AvgIpc) is 2.56. The largest absolute Gasteiger partial charge is 0.321 e. The van der Waals surface area contributed by atoms with E-state index in [2.05, 4.69) is 11.6 Å². The fourth-order valence-corrected chi connectivity index (χ4v) is 1.06. The zero-order valence-electron chi connectivity index (χ0n) is 7.99. The molecule has 1 heterocycles. The summed E-state index contributed by atoms with van der Waals surface area (Å²) in [4.78, 5) is 3.83. The van der Waals surface area contributed by atoms with E-state index in [1.165, 1.54) is 6.33 Å². The number of nitrogens with zero attached hydrogens (tertiary/aromatic N) is 4. The Morgan fingerprint density at radius 3 is 2.79 bits per heavy atom. The van der Waals surface area contributed by atoms with E-state index in [4.69, 9.17) is 10.5 Å². The van der Waals surface area contributed by atoms with E-state index < -0.39 is 0 Å². The lowest BCUT2D eigenvalue weighted by molar-refractivity contribution is 0.685. The summed E-state index contributed by atoms with van der Waals surface area (Å²) < 4.78 is 1.67. The van der Waals surface area contributed by atoms with Crippen LogP contribution < -0.4 is 0 Å². The maximum absolute atomic E-state index is 8.80. The van der Waals surface area contributed by atoms with Crippen LogP contribution in [0.5, 0.6) is 0 Å². The van der Waals surface area contributed by atoms with E-state index in [0.29, 0.717) is 12.2 Å². The van der Waals surface area contributed by atoms with Crippen molar-refractivity contribution in [2.24, 2.45) is 0 Å². The van der Waals surface area contributed by atoms with E-state index in [1.807, 2.05) is 19.1 Å². The number of allylic oxidation sites excluding steroid dienone is 1. The van der Waals surface area contributed by atoms with E-state index in [-0.39, 0.29) is 5.69 Å². The van der Waals surface area contributed by atoms with Crippen molar-refractivity contribution in [3.05, 3.63) is 29.9 Å². The van der Waals surface area contributed by atoms with Crippen molar-refractivity contribution < 1.29 is 0 Å². The zero-order chi connectivity index (χ0) is 10.6. The Kier molecular flexibility index (Phi) is 3.04. The van der Waals surface area contributed by atoms with Gasteiger partial charge in [0.05, 0.1) is 6.33 Å². The van der Waals surface area contributed by atoms with Crippen molar-refractivity contribution in [1.29, 1.82) is 10.5 Å². The van der Waals surface area contributed by atoms with Crippen molar-refractivity contribution in [2.45, 2.75) is 19.9 Å². The highest BCUT2D eigenvalue weighted by Crippen LogP contribution is 2.07. The number of nitriles is 2. The molecule has 0 aliphatic heterocycles. The summed E-state index contributed by atoms with van der Waals surface area (Å²) in [6, 6.07) is 3.84. The minimum atomic E-state index is 0.189. The Labute approximate surface area is 82.7 Å². The first kappa shape index (κ1) is 10.0. The standard InChI is InChI=1S/C10H10N4/c1-8(2)3-4-14-7-13-9(5-11)10(14)6-12/h7H,1,3-4H2,2H3. The molecule has 0 aliphatic carbocycles. The lowest BCUT2D eigenvalue weighted by Crippen LogP contribution is -2.00. The topological polar surface area (TPSA) is 65.4 Å². The minimum Gasteiger partial charge on any atom is -0.321 e. The Morgan fingerprint density at radius 2 is 2.29 bits per heavy atom. The Hall–Kier alpha value is -2.07. The molecule has 0 bridgehead atoms. The van der Waals surface area contributed by atoms with E-state index in [0.717, 1.165) is 12.0 Å². The molecule has 0 saturated heterocycles. The van der Waals surface area contributed by atoms with Gasteiger partial charge in [0.15, 0.2) is 11.4 Å². The summed E-state index contributed by atoms with van der Waals surface area (Å²) >= 11 is 0. The van der Waals surface area contributed by atoms with E-state index in [1.54, 1.807) is 4.57 Å². The lowest BCUT2D eigenvalue weighted by atomic mass is 10.2. The molecule has 0 spiro atoms. The van der Waals surface area contributed by atoms with Crippen LogP contribution in [0.15, 0.2) is 18.5 Å². The highest BCUT2D eigenvalue weighted by Gasteiger charge is 2.08. The summed E-state index contributed by atoms with van der Waals surface area (Å²) in [6.45, 7) is 6.34. The molecule has 0 aromatic carbocycles. The summed E-state index contributed by atoms with van der Waals surface area (Å²) in [5.74, 6) is 0. The molecule has 1 aromatic rings. The SMILES string of the molecule is C=C(C)CCn1cnc(C#N)c1C#N. The van der Waals surface area contributed by atoms with Crippen molar-refractivity contribution in [3.63, 3.8) is 0 Å². The molecule has 0 radical (unpaired) electrons. The molecule has 0 atom stereocenters. The van der Waals surface area contributed by atoms with Crippen molar-refractivity contribution >= 4 is 0 Å². The van der Waals surface area contributed by atoms with Crippen LogP contribution in [0.3, 0.4) is 0 Å². The van der Waals surface area contributed by atoms with Gasteiger partial charge >= 0.3 is 0 Å². The molecule has 0 aliphatic rings. The second-order valence-electron chi connectivity index (χ2n) is 3.07. The van der Waals surface area contributed by atoms with Crippen LogP contribution in [0.2, 0.25) is 0 Å². The van der Waals surface area contributed by atoms with Crippen LogP contribution in [-0.4, -0.2) is 9.55 Å². The molecule has 4 nitrogen and oxygen atoms in total. The lowest BCUT2D eigenvalue weighted by Gasteiger charge is -2.02. The molecular weight excluding hydrogens is 176 g/mol. The maximum Gasteiger partial charge on any atom is 0.176 e. The Balaban J connectivity index is 2.89. The van der Waals surface area contributed by atoms with Crippen molar-refractivity contribution in [3.8, 4) is 12.1 Å². The molecule has 0 unspecified atom stereocenters. The predicted octanol–water partition coefficient (Wildman–Crippen LogP) is 1.59. The molecule has 0 amide bonds. The summed E-state index contributed by atoms with van der Waals surface area (Å²) in [6.07, 6.45) is 2.30. The van der Waals surface area contributed by atoms with Crippen LogP contribution in [0.4, 0.5) is 0 Å². The van der Waals surface area contributed by atoms with Gasteiger partial charge in [-0.3, -0.25) is 0 Å². The van der Waals surface area contributed by atoms with Gasteiger partial charge in [-0.15, -0.1) is 6.58 Å². The number of hydrogen-bond donors (Lipinski definition) is 0. The van der Waals surface area contributed by atoms with Gasteiger partial charge in [0, 0.05) is 6.54 Å². The van der Waals surface area contributed by atoms with Gasteiger partial charge in [-0.2, -0.15) is 10.5 Å². The summed E-state index contributed by atoms with van der Waals surface area (Å²) in [5, 5.41) is 17.4. The monoisotopic (exact) mass is 186 g/mol. The second kappa shape index (κ2) is 4.25. The van der Waals surface area contributed by atoms with Gasteiger partial charge in [0.2, 0.25) is 0 Å². The van der Waals surface area contributed by atoms with Gasteiger partial charge in [-0.05, 0) is 13.3 Å². The Bertz CT molecular complexity index is 428. The maximum atomic E-state index is 8.80. The molecule has 1 aromatic heterocycles. The quantitative estimate of drug-likeness (QED) is 0.673. The van der Waals surface area contributed by atoms with Crippen LogP contribution in [0.25, 0.3) is 0 Å². The summed E-state index contributed by atoms with van der Waals surface area (Å²) in [7, 11) is 0. The van der Waals surface area contributed by atoms with Gasteiger partial charge in [0.1, 0.15) is 12.1 Å². The number of aryl methyl sites for hydroxylation is 1. The zero-order valence-corrected chi connectivity index (χ0v) is 7.99. The third kappa shape index (κ3) is 1.99. The van der Waals surface area contributed by atoms with Gasteiger partial charge in [-0.25, -0.2) is 4.98 Å². The number of imidazole rings is 1. The molecule has 4 heteroatoms. The van der Waals surface area contributed by atoms with Crippen LogP contribution in [0.1, 0.15) is 24.7 Å². The van der Waals surface area contributed by atoms with Crippen molar-refractivity contribution in [2.75, 3.05) is 0 Å². The fourth-order valence-electron chi connectivity index (χ4n) is 1.06. The highest BCUT2D eigenvalue weighted by molar-refractivity contribution is 5.36. The van der Waals surface area contributed by atoms with E-state index >= 15 is 0 Å². The number of aromatic nitrogens is 2.